The second-order valence-corrected chi connectivity index (χ2v) is 11.0. The molecule has 0 aliphatic heterocycles. The van der Waals surface area contributed by atoms with Crippen molar-refractivity contribution in [2.45, 2.75) is 13.1 Å². The lowest BCUT2D eigenvalue weighted by atomic mass is 10.1. The Labute approximate surface area is 283 Å². The number of anilines is 2. The monoisotopic (exact) mass is 686 g/mol. The zero-order valence-corrected chi connectivity index (χ0v) is 26.1. The number of H-pyrrole nitrogens is 1. The Kier molecular flexibility index (Phi) is 7.52. The number of nitrogens with zero attached hydrogens (tertiary/aromatic N) is 11. The van der Waals surface area contributed by atoms with Crippen LogP contribution in [0.4, 0.5) is 22.0 Å². The normalized spacial score (nSPS) is 11.3. The van der Waals surface area contributed by atoms with E-state index in [0.717, 1.165) is 34.7 Å². The van der Waals surface area contributed by atoms with Gasteiger partial charge < -0.3 is 25.3 Å². The number of hydrogen-bond donors (Lipinski definition) is 3. The molecule has 0 fully saturated rings. The topological polar surface area (TPSA) is 250 Å². The van der Waals surface area contributed by atoms with Gasteiger partial charge in [0, 0.05) is 12.3 Å². The molecule has 51 heavy (non-hydrogen) atoms. The summed E-state index contributed by atoms with van der Waals surface area (Å²) >= 11 is 0. The van der Waals surface area contributed by atoms with E-state index in [4.69, 9.17) is 20.3 Å². The number of nitro groups is 1. The Morgan fingerprint density at radius 1 is 0.765 bits per heavy atom. The van der Waals surface area contributed by atoms with Crippen LogP contribution in [0, 0.1) is 15.9 Å². The number of fused-ring (bicyclic) bond motifs is 3. The lowest BCUT2D eigenvalue weighted by Crippen LogP contribution is -2.07. The van der Waals surface area contributed by atoms with E-state index in [2.05, 4.69) is 51.6 Å². The number of aromatic amines is 1. The maximum atomic E-state index is 13.5. The molecule has 0 bridgehead atoms. The molecule has 5 N–H and O–H groups in total. The highest BCUT2D eigenvalue weighted by atomic mass is 19.1. The van der Waals surface area contributed by atoms with Gasteiger partial charge in [-0.15, -0.1) is 10.2 Å². The smallest absolute Gasteiger partial charge is 0.274 e. The summed E-state index contributed by atoms with van der Waals surface area (Å²) in [7, 11) is 0. The van der Waals surface area contributed by atoms with Crippen molar-refractivity contribution in [2.75, 3.05) is 11.5 Å². The van der Waals surface area contributed by atoms with Crippen LogP contribution in [-0.2, 0) is 13.1 Å². The van der Waals surface area contributed by atoms with Gasteiger partial charge in [0.2, 0.25) is 11.9 Å². The first-order valence-corrected chi connectivity index (χ1v) is 15.1. The molecule has 252 valence electrons. The van der Waals surface area contributed by atoms with Gasteiger partial charge in [0.05, 0.1) is 41.6 Å². The quantitative estimate of drug-likeness (QED) is 0.151. The number of furan rings is 2. The van der Waals surface area contributed by atoms with Crippen LogP contribution in [0.25, 0.3) is 56.1 Å². The number of halogens is 1. The van der Waals surface area contributed by atoms with E-state index >= 15 is 0 Å². The Bertz CT molecular complexity index is 2680. The van der Waals surface area contributed by atoms with Crippen molar-refractivity contribution in [3.63, 3.8) is 0 Å². The summed E-state index contributed by atoms with van der Waals surface area (Å²) < 4.78 is 27.3. The predicted molar refractivity (Wildman–Crippen MR) is 180 cm³/mol. The van der Waals surface area contributed by atoms with Crippen LogP contribution < -0.4 is 11.5 Å². The summed E-state index contributed by atoms with van der Waals surface area (Å²) in [6.07, 6.45) is 4.97. The number of nitro benzene ring substituents is 1. The molecule has 18 nitrogen and oxygen atoms in total. The summed E-state index contributed by atoms with van der Waals surface area (Å²) in [6, 6.07) is 18.3. The Morgan fingerprint density at radius 3 is 1.94 bits per heavy atom. The van der Waals surface area contributed by atoms with Gasteiger partial charge in [-0.3, -0.25) is 10.1 Å². The minimum atomic E-state index is -0.597. The minimum Gasteiger partial charge on any atom is -0.463 e. The van der Waals surface area contributed by atoms with Crippen LogP contribution in [0.15, 0.2) is 94.3 Å². The van der Waals surface area contributed by atoms with Crippen molar-refractivity contribution in [1.82, 2.24) is 54.9 Å². The first-order chi connectivity index (χ1) is 24.8. The maximum Gasteiger partial charge on any atom is 0.274 e. The van der Waals surface area contributed by atoms with Crippen LogP contribution in [0.5, 0.6) is 0 Å². The molecule has 9 aromatic rings. The molecule has 0 radical (unpaired) electrons. The lowest BCUT2D eigenvalue weighted by Gasteiger charge is -2.05. The van der Waals surface area contributed by atoms with Gasteiger partial charge in [-0.05, 0) is 53.4 Å². The highest BCUT2D eigenvalue weighted by Crippen LogP contribution is 2.28. The van der Waals surface area contributed by atoms with Crippen molar-refractivity contribution in [3.8, 4) is 22.9 Å². The number of hydrogen-bond acceptors (Lipinski definition) is 14. The number of benzene rings is 2. The van der Waals surface area contributed by atoms with Gasteiger partial charge in [-0.1, -0.05) is 28.6 Å². The van der Waals surface area contributed by atoms with Crippen LogP contribution in [0.2, 0.25) is 0 Å². The molecule has 2 aromatic carbocycles. The number of rotatable bonds is 7. The minimum absolute atomic E-state index is 0.0406. The number of aromatic nitrogens is 11. The molecule has 0 amide bonds. The number of nitrogens with two attached hydrogens (primary N) is 2. The van der Waals surface area contributed by atoms with Crippen molar-refractivity contribution in [3.05, 3.63) is 113 Å². The number of nitrogens with one attached hydrogen (secondary N) is 1. The second kappa shape index (κ2) is 12.5. The van der Waals surface area contributed by atoms with Crippen molar-refractivity contribution < 1.29 is 18.1 Å². The molecule has 7 heterocycles. The van der Waals surface area contributed by atoms with E-state index in [0.29, 0.717) is 46.1 Å². The van der Waals surface area contributed by atoms with Crippen LogP contribution >= 0.6 is 0 Å². The fraction of sp³-hybridized carbons (Fsp3) is 0.0625. The van der Waals surface area contributed by atoms with Gasteiger partial charge in [-0.25, -0.2) is 23.7 Å². The van der Waals surface area contributed by atoms with E-state index in [9.17, 15) is 14.5 Å². The third-order valence-corrected chi connectivity index (χ3v) is 7.82. The fourth-order valence-corrected chi connectivity index (χ4v) is 5.59. The van der Waals surface area contributed by atoms with Crippen LogP contribution in [0.3, 0.4) is 0 Å². The molecule has 0 atom stereocenters. The standard InChI is InChI=1S/C17H13N7O.C15H10FN7O3/c18-17-20-14(12-5-2-8-25-12)15-16(21-17)24(23-22-15)9-11-4-1-3-10-6-7-19-13(10)11;16-9-3-4-10(23(24)25)8(6-9)7-22-14-13(20-21-22)12(18-15(17)19-14)11-2-1-5-26-11/h1-8,19H,9H2,(H2,18,20,21);1-6H,7H2,(H2,17,18,19). The van der Waals surface area contributed by atoms with E-state index in [1.807, 2.05) is 24.4 Å². The average molecular weight is 687 g/mol. The van der Waals surface area contributed by atoms with Gasteiger partial charge in [0.25, 0.3) is 5.69 Å². The summed E-state index contributed by atoms with van der Waals surface area (Å²) in [4.78, 5) is 30.6. The van der Waals surface area contributed by atoms with Gasteiger partial charge in [0.15, 0.2) is 33.8 Å². The average Bonchev–Trinajstić information content (AvgIpc) is 3.96. The van der Waals surface area contributed by atoms with E-state index in [1.165, 1.54) is 10.9 Å². The Balaban J connectivity index is 0.000000147. The van der Waals surface area contributed by atoms with E-state index in [-0.39, 0.29) is 35.3 Å². The van der Waals surface area contributed by atoms with E-state index < -0.39 is 10.7 Å². The summed E-state index contributed by atoms with van der Waals surface area (Å²) in [5, 5.41) is 28.8. The Hall–Kier alpha value is -7.57. The molecule has 0 aliphatic carbocycles. The Morgan fingerprint density at radius 2 is 1.37 bits per heavy atom. The highest BCUT2D eigenvalue weighted by molar-refractivity contribution is 5.87. The molecule has 7 aromatic heterocycles. The predicted octanol–water partition coefficient (Wildman–Crippen LogP) is 4.75. The lowest BCUT2D eigenvalue weighted by molar-refractivity contribution is -0.385. The van der Waals surface area contributed by atoms with Crippen LogP contribution in [0.1, 0.15) is 11.1 Å². The molecule has 9 rings (SSSR count). The SMILES string of the molecule is Nc1nc(-c2ccco2)c2nnn(Cc3cc(F)ccc3[N+](=O)[O-])c2n1.Nc1nc(-c2ccco2)c2nnn(Cc3cccc4cc[nH]c34)c2n1. The van der Waals surface area contributed by atoms with Crippen molar-refractivity contribution in [1.29, 1.82) is 0 Å². The molecular formula is C32H23FN14O4. The van der Waals surface area contributed by atoms with Crippen molar-refractivity contribution >= 4 is 50.8 Å². The molecular weight excluding hydrogens is 663 g/mol. The maximum absolute atomic E-state index is 13.5. The summed E-state index contributed by atoms with van der Waals surface area (Å²) in [6.45, 7) is 0.404. The molecule has 0 saturated heterocycles. The fourth-order valence-electron chi connectivity index (χ4n) is 5.59. The number of para-hydroxylation sites is 1. The zero-order chi connectivity index (χ0) is 35.1. The van der Waals surface area contributed by atoms with Gasteiger partial charge in [-0.2, -0.15) is 9.97 Å². The molecule has 0 aliphatic rings. The van der Waals surface area contributed by atoms with Crippen LogP contribution in [-0.4, -0.2) is 59.8 Å². The molecule has 19 heteroatoms. The van der Waals surface area contributed by atoms with Crippen molar-refractivity contribution in [2.24, 2.45) is 0 Å². The summed E-state index contributed by atoms with van der Waals surface area (Å²) in [5.74, 6) is 0.521. The first kappa shape index (κ1) is 30.7. The molecule has 0 spiro atoms. The largest absolute Gasteiger partial charge is 0.463 e. The molecule has 0 unspecified atom stereocenters. The highest BCUT2D eigenvalue weighted by Gasteiger charge is 2.21. The summed E-state index contributed by atoms with van der Waals surface area (Å²) in [5.41, 5.74) is 16.3. The third-order valence-electron chi connectivity index (χ3n) is 7.82. The third kappa shape index (κ3) is 5.79. The second-order valence-electron chi connectivity index (χ2n) is 11.0. The van der Waals surface area contributed by atoms with Gasteiger partial charge >= 0.3 is 0 Å². The first-order valence-electron chi connectivity index (χ1n) is 15.1. The van der Waals surface area contributed by atoms with E-state index in [1.54, 1.807) is 35.2 Å². The molecule has 0 saturated carbocycles. The zero-order valence-electron chi connectivity index (χ0n) is 26.1. The van der Waals surface area contributed by atoms with Gasteiger partial charge in [0.1, 0.15) is 17.2 Å². The number of nitrogen functional groups attached to an aromatic ring is 2.